The minimum absolute atomic E-state index is 0. The molecular formula is C22H21Cl3FNO. The average Bonchev–Trinajstić information content (AvgIpc) is 2.67. The molecule has 2 nitrogen and oxygen atoms in total. The van der Waals surface area contributed by atoms with E-state index in [0.29, 0.717) is 22.9 Å². The van der Waals surface area contributed by atoms with Crippen LogP contribution in [0, 0.1) is 5.82 Å². The Hall–Kier alpha value is -1.78. The zero-order valence-corrected chi connectivity index (χ0v) is 17.5. The van der Waals surface area contributed by atoms with Crippen LogP contribution in [0.15, 0.2) is 66.7 Å². The molecule has 0 aliphatic rings. The molecular weight excluding hydrogens is 420 g/mol. The van der Waals surface area contributed by atoms with Gasteiger partial charge in [-0.3, -0.25) is 0 Å². The molecule has 28 heavy (non-hydrogen) atoms. The van der Waals surface area contributed by atoms with E-state index < -0.39 is 0 Å². The Balaban J connectivity index is 0.00000280. The predicted molar refractivity (Wildman–Crippen MR) is 116 cm³/mol. The van der Waals surface area contributed by atoms with Gasteiger partial charge in [-0.05, 0) is 54.9 Å². The smallest absolute Gasteiger partial charge is 0.129 e. The van der Waals surface area contributed by atoms with Gasteiger partial charge in [-0.15, -0.1) is 12.4 Å². The van der Waals surface area contributed by atoms with Gasteiger partial charge >= 0.3 is 0 Å². The fraction of sp³-hybridized carbons (Fsp3) is 0.182. The van der Waals surface area contributed by atoms with Gasteiger partial charge in [0.2, 0.25) is 0 Å². The van der Waals surface area contributed by atoms with Crippen molar-refractivity contribution in [2.75, 3.05) is 6.54 Å². The summed E-state index contributed by atoms with van der Waals surface area (Å²) < 4.78 is 19.6. The van der Waals surface area contributed by atoms with Crippen LogP contribution in [0.25, 0.3) is 0 Å². The molecule has 3 aromatic carbocycles. The number of benzene rings is 3. The molecule has 0 spiro atoms. The first-order valence-corrected chi connectivity index (χ1v) is 9.47. The summed E-state index contributed by atoms with van der Waals surface area (Å²) >= 11 is 12.0. The standard InChI is InChI=1S/C22H20Cl2FNO.ClH/c23-19-7-5-16(6-8-19)11-12-26-14-18-13-20(24)9-10-22(18)27-15-17-3-1-2-4-21(17)25;/h1-10,13,26H,11-12,14-15H2;1H. The first-order valence-electron chi connectivity index (χ1n) is 8.71. The molecule has 0 bridgehead atoms. The third-order valence-electron chi connectivity index (χ3n) is 4.18. The Labute approximate surface area is 181 Å². The minimum atomic E-state index is -0.269. The van der Waals surface area contributed by atoms with Crippen LogP contribution in [0.1, 0.15) is 16.7 Å². The second-order valence-corrected chi connectivity index (χ2v) is 7.06. The van der Waals surface area contributed by atoms with Gasteiger partial charge in [-0.1, -0.05) is 53.5 Å². The number of rotatable bonds is 8. The van der Waals surface area contributed by atoms with Crippen molar-refractivity contribution in [2.45, 2.75) is 19.6 Å². The van der Waals surface area contributed by atoms with Crippen LogP contribution in [0.5, 0.6) is 5.75 Å². The highest BCUT2D eigenvalue weighted by Gasteiger charge is 2.07. The van der Waals surface area contributed by atoms with Gasteiger partial charge in [-0.2, -0.15) is 0 Å². The predicted octanol–water partition coefficient (Wildman–Crippen LogP) is 6.47. The lowest BCUT2D eigenvalue weighted by Crippen LogP contribution is -2.17. The molecule has 0 aromatic heterocycles. The topological polar surface area (TPSA) is 21.3 Å². The van der Waals surface area contributed by atoms with Gasteiger partial charge in [0.25, 0.3) is 0 Å². The summed E-state index contributed by atoms with van der Waals surface area (Å²) in [7, 11) is 0. The Morgan fingerprint density at radius 2 is 1.57 bits per heavy atom. The van der Waals surface area contributed by atoms with Gasteiger partial charge in [-0.25, -0.2) is 4.39 Å². The van der Waals surface area contributed by atoms with Crippen molar-refractivity contribution in [3.8, 4) is 5.75 Å². The van der Waals surface area contributed by atoms with Crippen LogP contribution in [0.2, 0.25) is 10.0 Å². The highest BCUT2D eigenvalue weighted by molar-refractivity contribution is 6.30. The highest BCUT2D eigenvalue weighted by Crippen LogP contribution is 2.24. The van der Waals surface area contributed by atoms with E-state index in [1.165, 1.54) is 11.6 Å². The van der Waals surface area contributed by atoms with Crippen LogP contribution in [0.3, 0.4) is 0 Å². The summed E-state index contributed by atoms with van der Waals surface area (Å²) in [4.78, 5) is 0. The summed E-state index contributed by atoms with van der Waals surface area (Å²) in [6.07, 6.45) is 0.892. The van der Waals surface area contributed by atoms with Crippen molar-refractivity contribution in [3.63, 3.8) is 0 Å². The molecule has 0 saturated heterocycles. The van der Waals surface area contributed by atoms with Crippen molar-refractivity contribution in [1.29, 1.82) is 0 Å². The number of hydrogen-bond acceptors (Lipinski definition) is 2. The Morgan fingerprint density at radius 1 is 0.857 bits per heavy atom. The lowest BCUT2D eigenvalue weighted by Gasteiger charge is -2.13. The SMILES string of the molecule is Cl.Fc1ccccc1COc1ccc(Cl)cc1CNCCc1ccc(Cl)cc1. The number of ether oxygens (including phenoxy) is 1. The van der Waals surface area contributed by atoms with E-state index in [0.717, 1.165) is 23.6 Å². The van der Waals surface area contributed by atoms with Gasteiger partial charge < -0.3 is 10.1 Å². The lowest BCUT2D eigenvalue weighted by molar-refractivity contribution is 0.296. The molecule has 0 aliphatic carbocycles. The third-order valence-corrected chi connectivity index (χ3v) is 4.67. The van der Waals surface area contributed by atoms with Crippen molar-refractivity contribution in [2.24, 2.45) is 0 Å². The molecule has 6 heteroatoms. The molecule has 0 atom stereocenters. The molecule has 0 radical (unpaired) electrons. The second kappa shape index (κ2) is 11.3. The molecule has 148 valence electrons. The van der Waals surface area contributed by atoms with Crippen LogP contribution in [-0.4, -0.2) is 6.54 Å². The molecule has 0 fully saturated rings. The van der Waals surface area contributed by atoms with E-state index in [9.17, 15) is 4.39 Å². The van der Waals surface area contributed by atoms with E-state index in [1.54, 1.807) is 24.3 Å². The summed E-state index contributed by atoms with van der Waals surface area (Å²) in [6, 6.07) is 19.9. The molecule has 0 heterocycles. The quantitative estimate of drug-likeness (QED) is 0.406. The van der Waals surface area contributed by atoms with Crippen LogP contribution in [0.4, 0.5) is 4.39 Å². The summed E-state index contributed by atoms with van der Waals surface area (Å²) in [5.74, 6) is 0.427. The molecule has 0 unspecified atom stereocenters. The molecule has 0 amide bonds. The Bertz CT molecular complexity index is 887. The molecule has 3 aromatic rings. The maximum atomic E-state index is 13.8. The fourth-order valence-corrected chi connectivity index (χ4v) is 3.03. The van der Waals surface area contributed by atoms with Gasteiger partial charge in [0.1, 0.15) is 18.2 Å². The van der Waals surface area contributed by atoms with Crippen molar-refractivity contribution < 1.29 is 9.13 Å². The zero-order chi connectivity index (χ0) is 19.1. The van der Waals surface area contributed by atoms with E-state index in [1.807, 2.05) is 36.4 Å². The van der Waals surface area contributed by atoms with E-state index >= 15 is 0 Å². The molecule has 0 aliphatic heterocycles. The summed E-state index contributed by atoms with van der Waals surface area (Å²) in [6.45, 7) is 1.59. The van der Waals surface area contributed by atoms with E-state index in [-0.39, 0.29) is 24.8 Å². The first kappa shape index (κ1) is 22.5. The monoisotopic (exact) mass is 439 g/mol. The number of halogens is 4. The minimum Gasteiger partial charge on any atom is -0.488 e. The molecule has 1 N–H and O–H groups in total. The van der Waals surface area contributed by atoms with Crippen LogP contribution in [-0.2, 0) is 19.6 Å². The van der Waals surface area contributed by atoms with Gasteiger partial charge in [0, 0.05) is 27.7 Å². The van der Waals surface area contributed by atoms with E-state index in [4.69, 9.17) is 27.9 Å². The molecule has 0 saturated carbocycles. The lowest BCUT2D eigenvalue weighted by atomic mass is 10.1. The van der Waals surface area contributed by atoms with Gasteiger partial charge in [0.05, 0.1) is 0 Å². The first-order chi connectivity index (χ1) is 13.1. The maximum Gasteiger partial charge on any atom is 0.129 e. The van der Waals surface area contributed by atoms with Crippen molar-refractivity contribution in [1.82, 2.24) is 5.32 Å². The summed E-state index contributed by atoms with van der Waals surface area (Å²) in [5, 5.41) is 4.78. The van der Waals surface area contributed by atoms with Crippen LogP contribution < -0.4 is 10.1 Å². The van der Waals surface area contributed by atoms with Crippen LogP contribution >= 0.6 is 35.6 Å². The van der Waals surface area contributed by atoms with Crippen molar-refractivity contribution in [3.05, 3.63) is 99.3 Å². The fourth-order valence-electron chi connectivity index (χ4n) is 2.70. The number of hydrogen-bond donors (Lipinski definition) is 1. The zero-order valence-electron chi connectivity index (χ0n) is 15.1. The third kappa shape index (κ3) is 6.68. The van der Waals surface area contributed by atoms with E-state index in [2.05, 4.69) is 5.32 Å². The Morgan fingerprint density at radius 3 is 2.32 bits per heavy atom. The highest BCUT2D eigenvalue weighted by atomic mass is 35.5. The largest absolute Gasteiger partial charge is 0.488 e. The molecule has 3 rings (SSSR count). The normalized spacial score (nSPS) is 10.4. The number of nitrogens with one attached hydrogen (secondary N) is 1. The average molecular weight is 441 g/mol. The van der Waals surface area contributed by atoms with Gasteiger partial charge in [0.15, 0.2) is 0 Å². The maximum absolute atomic E-state index is 13.8. The van der Waals surface area contributed by atoms with Crippen molar-refractivity contribution >= 4 is 35.6 Å². The summed E-state index contributed by atoms with van der Waals surface area (Å²) in [5.41, 5.74) is 2.68. The Kier molecular flexibility index (Phi) is 9.07. The second-order valence-electron chi connectivity index (χ2n) is 6.19.